The minimum atomic E-state index is -0.447. The van der Waals surface area contributed by atoms with Crippen molar-refractivity contribution < 1.29 is 28.7 Å². The van der Waals surface area contributed by atoms with Gasteiger partial charge in [0.05, 0.1) is 17.7 Å². The van der Waals surface area contributed by atoms with Gasteiger partial charge in [-0.3, -0.25) is 24.1 Å². The Balaban J connectivity index is 1.91. The zero-order valence-corrected chi connectivity index (χ0v) is 14.3. The van der Waals surface area contributed by atoms with Crippen LogP contribution in [0.2, 0.25) is 0 Å². The van der Waals surface area contributed by atoms with Crippen LogP contribution in [0, 0.1) is 0 Å². The number of hydrogen-bond acceptors (Lipinski definition) is 6. The van der Waals surface area contributed by atoms with Gasteiger partial charge < -0.3 is 9.47 Å². The van der Waals surface area contributed by atoms with Crippen molar-refractivity contribution in [3.8, 4) is 0 Å². The molecule has 1 atom stereocenters. The number of carbonyl (C=O) groups is 4. The van der Waals surface area contributed by atoms with Crippen LogP contribution >= 0.6 is 0 Å². The molecule has 1 aromatic carbocycles. The minimum Gasteiger partial charge on any atom is -0.466 e. The maximum absolute atomic E-state index is 12.3. The molecule has 1 aliphatic heterocycles. The molecule has 7 heteroatoms. The summed E-state index contributed by atoms with van der Waals surface area (Å²) in [6.07, 6.45) is 0.901. The van der Waals surface area contributed by atoms with Gasteiger partial charge >= 0.3 is 11.9 Å². The number of hydrogen-bond donors (Lipinski definition) is 0. The number of imide groups is 1. The van der Waals surface area contributed by atoms with Gasteiger partial charge in [0.2, 0.25) is 0 Å². The first kappa shape index (κ1) is 18.6. The Labute approximate surface area is 145 Å². The first-order valence-electron chi connectivity index (χ1n) is 8.16. The third-order valence-corrected chi connectivity index (χ3v) is 3.86. The molecule has 1 aliphatic rings. The molecule has 0 fully saturated rings. The van der Waals surface area contributed by atoms with E-state index in [1.807, 2.05) is 0 Å². The summed E-state index contributed by atoms with van der Waals surface area (Å²) in [6, 6.07) is 6.67. The molecule has 1 heterocycles. The molecule has 0 saturated heterocycles. The van der Waals surface area contributed by atoms with Gasteiger partial charge in [-0.15, -0.1) is 0 Å². The van der Waals surface area contributed by atoms with Gasteiger partial charge in [-0.2, -0.15) is 0 Å². The SMILES string of the molecule is CC(=O)OCCC[C@H](CCN1C(=O)c2ccccc2C1=O)OC(C)=O. The van der Waals surface area contributed by atoms with Crippen molar-refractivity contribution in [2.75, 3.05) is 13.2 Å². The second-order valence-electron chi connectivity index (χ2n) is 5.81. The number of nitrogens with zero attached hydrogens (tertiary/aromatic N) is 1. The molecule has 0 aromatic heterocycles. The number of amides is 2. The van der Waals surface area contributed by atoms with E-state index in [0.29, 0.717) is 30.4 Å². The molecule has 0 bridgehead atoms. The Hall–Kier alpha value is -2.70. The van der Waals surface area contributed by atoms with Gasteiger partial charge in [0.15, 0.2) is 0 Å². The summed E-state index contributed by atoms with van der Waals surface area (Å²) < 4.78 is 10.1. The standard InChI is InChI=1S/C18H21NO6/c1-12(20)24-11-5-6-14(25-13(2)21)9-10-19-17(22)15-7-3-4-8-16(15)18(19)23/h3-4,7-8,14H,5-6,9-11H2,1-2H3/t14-/m1/s1. The molecule has 25 heavy (non-hydrogen) atoms. The maximum Gasteiger partial charge on any atom is 0.302 e. The van der Waals surface area contributed by atoms with Crippen LogP contribution in [0.4, 0.5) is 0 Å². The Bertz CT molecular complexity index is 649. The second kappa shape index (κ2) is 8.41. The van der Waals surface area contributed by atoms with Crippen LogP contribution in [0.5, 0.6) is 0 Å². The average Bonchev–Trinajstić information content (AvgIpc) is 2.80. The first-order chi connectivity index (χ1) is 11.9. The lowest BCUT2D eigenvalue weighted by molar-refractivity contribution is -0.148. The predicted octanol–water partition coefficient (Wildman–Crippen LogP) is 1.95. The highest BCUT2D eigenvalue weighted by Crippen LogP contribution is 2.23. The first-order valence-corrected chi connectivity index (χ1v) is 8.16. The number of rotatable bonds is 8. The maximum atomic E-state index is 12.3. The second-order valence-corrected chi connectivity index (χ2v) is 5.81. The van der Waals surface area contributed by atoms with Crippen LogP contribution in [0.15, 0.2) is 24.3 Å². The zero-order valence-electron chi connectivity index (χ0n) is 14.3. The van der Waals surface area contributed by atoms with Crippen LogP contribution in [-0.4, -0.2) is 47.9 Å². The van der Waals surface area contributed by atoms with Gasteiger partial charge in [-0.1, -0.05) is 12.1 Å². The van der Waals surface area contributed by atoms with Crippen LogP contribution in [0.3, 0.4) is 0 Å². The van der Waals surface area contributed by atoms with Gasteiger partial charge in [-0.05, 0) is 25.0 Å². The molecule has 134 valence electrons. The highest BCUT2D eigenvalue weighted by molar-refractivity contribution is 6.21. The molecule has 0 spiro atoms. The van der Waals surface area contributed by atoms with E-state index in [2.05, 4.69) is 0 Å². The van der Waals surface area contributed by atoms with E-state index in [4.69, 9.17) is 9.47 Å². The highest BCUT2D eigenvalue weighted by atomic mass is 16.5. The molecule has 2 amide bonds. The van der Waals surface area contributed by atoms with Crippen LogP contribution in [0.25, 0.3) is 0 Å². The van der Waals surface area contributed by atoms with Crippen molar-refractivity contribution in [3.05, 3.63) is 35.4 Å². The molecule has 0 saturated carbocycles. The van der Waals surface area contributed by atoms with Crippen LogP contribution in [0.1, 0.15) is 53.8 Å². The molecule has 0 aliphatic carbocycles. The van der Waals surface area contributed by atoms with Crippen molar-refractivity contribution in [3.63, 3.8) is 0 Å². The van der Waals surface area contributed by atoms with Crippen molar-refractivity contribution in [2.24, 2.45) is 0 Å². The summed E-state index contributed by atoms with van der Waals surface area (Å²) in [7, 11) is 0. The Morgan fingerprint density at radius 2 is 1.60 bits per heavy atom. The fourth-order valence-corrected chi connectivity index (χ4v) is 2.74. The van der Waals surface area contributed by atoms with Gasteiger partial charge in [-0.25, -0.2) is 0 Å². The number of carbonyl (C=O) groups excluding carboxylic acids is 4. The van der Waals surface area contributed by atoms with Gasteiger partial charge in [0.1, 0.15) is 6.10 Å². The van der Waals surface area contributed by atoms with E-state index in [9.17, 15) is 19.2 Å². The lowest BCUT2D eigenvalue weighted by atomic mass is 10.1. The molecular formula is C18H21NO6. The fourth-order valence-electron chi connectivity index (χ4n) is 2.74. The zero-order chi connectivity index (χ0) is 18.4. The Morgan fingerprint density at radius 3 is 2.12 bits per heavy atom. The fraction of sp³-hybridized carbons (Fsp3) is 0.444. The van der Waals surface area contributed by atoms with Gasteiger partial charge in [0.25, 0.3) is 11.8 Å². The highest BCUT2D eigenvalue weighted by Gasteiger charge is 2.35. The molecule has 1 aromatic rings. The summed E-state index contributed by atoms with van der Waals surface area (Å²) in [5.41, 5.74) is 0.790. The summed E-state index contributed by atoms with van der Waals surface area (Å²) in [5.74, 6) is -1.46. The van der Waals surface area contributed by atoms with E-state index < -0.39 is 12.1 Å². The Kier molecular flexibility index (Phi) is 6.27. The van der Waals surface area contributed by atoms with E-state index in [1.165, 1.54) is 18.7 Å². The lowest BCUT2D eigenvalue weighted by Crippen LogP contribution is -2.33. The Morgan fingerprint density at radius 1 is 1.00 bits per heavy atom. The largest absolute Gasteiger partial charge is 0.466 e. The van der Waals surface area contributed by atoms with Crippen molar-refractivity contribution >= 4 is 23.8 Å². The number of ether oxygens (including phenoxy) is 2. The third kappa shape index (κ3) is 4.89. The molecular weight excluding hydrogens is 326 g/mol. The van der Waals surface area contributed by atoms with Crippen molar-refractivity contribution in [2.45, 2.75) is 39.2 Å². The molecule has 0 N–H and O–H groups in total. The molecule has 0 unspecified atom stereocenters. The number of esters is 2. The van der Waals surface area contributed by atoms with E-state index in [0.717, 1.165) is 0 Å². The van der Waals surface area contributed by atoms with Crippen molar-refractivity contribution in [1.82, 2.24) is 4.90 Å². The minimum absolute atomic E-state index is 0.165. The molecule has 7 nitrogen and oxygen atoms in total. The van der Waals surface area contributed by atoms with Gasteiger partial charge in [0, 0.05) is 26.8 Å². The van der Waals surface area contributed by atoms with E-state index >= 15 is 0 Å². The lowest BCUT2D eigenvalue weighted by Gasteiger charge is -2.20. The van der Waals surface area contributed by atoms with Crippen LogP contribution in [-0.2, 0) is 19.1 Å². The molecule has 0 radical (unpaired) electrons. The summed E-state index contributed by atoms with van der Waals surface area (Å²) in [4.78, 5) is 47.8. The monoisotopic (exact) mass is 347 g/mol. The summed E-state index contributed by atoms with van der Waals surface area (Å²) in [5, 5.41) is 0. The number of benzene rings is 1. The van der Waals surface area contributed by atoms with E-state index in [-0.39, 0.29) is 30.9 Å². The quantitative estimate of drug-likeness (QED) is 0.406. The van der Waals surface area contributed by atoms with Crippen molar-refractivity contribution in [1.29, 1.82) is 0 Å². The predicted molar refractivity (Wildman–Crippen MR) is 87.8 cm³/mol. The van der Waals surface area contributed by atoms with Crippen LogP contribution < -0.4 is 0 Å². The average molecular weight is 347 g/mol. The third-order valence-electron chi connectivity index (χ3n) is 3.86. The smallest absolute Gasteiger partial charge is 0.302 e. The topological polar surface area (TPSA) is 90.0 Å². The normalized spacial score (nSPS) is 14.2. The molecule has 2 rings (SSSR count). The number of fused-ring (bicyclic) bond motifs is 1. The summed E-state index contributed by atoms with van der Waals surface area (Å²) in [6.45, 7) is 3.03. The van der Waals surface area contributed by atoms with E-state index in [1.54, 1.807) is 24.3 Å². The summed E-state index contributed by atoms with van der Waals surface area (Å²) >= 11 is 0.